The van der Waals surface area contributed by atoms with E-state index < -0.39 is 0 Å². The van der Waals surface area contributed by atoms with E-state index in [0.717, 1.165) is 38.8 Å². The Kier molecular flexibility index (Phi) is 4.36. The van der Waals surface area contributed by atoms with Gasteiger partial charge in [-0.2, -0.15) is 0 Å². The predicted molar refractivity (Wildman–Crippen MR) is 63.4 cm³/mol. The number of methoxy groups -OCH3 is 1. The third kappa shape index (κ3) is 3.05. The summed E-state index contributed by atoms with van der Waals surface area (Å²) in [5.41, 5.74) is 0. The molecule has 2 aliphatic rings. The van der Waals surface area contributed by atoms with Gasteiger partial charge in [0, 0.05) is 26.1 Å². The maximum absolute atomic E-state index is 12.0. The number of hydrogen-bond donors (Lipinski definition) is 0. The van der Waals surface area contributed by atoms with Crippen molar-refractivity contribution in [2.24, 2.45) is 5.92 Å². The molecule has 1 aliphatic heterocycles. The molecule has 0 radical (unpaired) electrons. The summed E-state index contributed by atoms with van der Waals surface area (Å²) in [6.45, 7) is 2.73. The summed E-state index contributed by atoms with van der Waals surface area (Å²) in [6, 6.07) is 0. The molecule has 0 aromatic carbocycles. The zero-order valence-electron chi connectivity index (χ0n) is 10.3. The number of carbonyl (C=O) groups is 1. The van der Waals surface area contributed by atoms with Gasteiger partial charge in [-0.05, 0) is 25.7 Å². The summed E-state index contributed by atoms with van der Waals surface area (Å²) < 4.78 is 5.33. The Balaban J connectivity index is 1.71. The van der Waals surface area contributed by atoms with Crippen LogP contribution in [0.15, 0.2) is 0 Å². The van der Waals surface area contributed by atoms with Gasteiger partial charge in [-0.15, -0.1) is 0 Å². The van der Waals surface area contributed by atoms with E-state index in [1.54, 1.807) is 7.11 Å². The van der Waals surface area contributed by atoms with Gasteiger partial charge in [-0.1, -0.05) is 12.8 Å². The molecular formula is C13H23NO2. The quantitative estimate of drug-likeness (QED) is 0.731. The SMILES string of the molecule is COC1CCN(CC(=O)C2CCCC2)CC1. The van der Waals surface area contributed by atoms with Crippen molar-refractivity contribution in [3.8, 4) is 0 Å². The van der Waals surface area contributed by atoms with Crippen molar-refractivity contribution in [1.29, 1.82) is 0 Å². The largest absolute Gasteiger partial charge is 0.381 e. The topological polar surface area (TPSA) is 29.5 Å². The van der Waals surface area contributed by atoms with E-state index in [0.29, 0.717) is 24.3 Å². The molecule has 0 unspecified atom stereocenters. The lowest BCUT2D eigenvalue weighted by Gasteiger charge is -2.31. The lowest BCUT2D eigenvalue weighted by molar-refractivity contribution is -0.124. The van der Waals surface area contributed by atoms with Gasteiger partial charge in [-0.3, -0.25) is 9.69 Å². The second-order valence-electron chi connectivity index (χ2n) is 5.16. The van der Waals surface area contributed by atoms with E-state index in [1.807, 2.05) is 0 Å². The molecule has 0 aromatic heterocycles. The second kappa shape index (κ2) is 5.78. The van der Waals surface area contributed by atoms with Crippen LogP contribution in [0.2, 0.25) is 0 Å². The fourth-order valence-electron chi connectivity index (χ4n) is 2.90. The second-order valence-corrected chi connectivity index (χ2v) is 5.16. The smallest absolute Gasteiger partial charge is 0.149 e. The molecule has 0 amide bonds. The molecule has 3 heteroatoms. The standard InChI is InChI=1S/C13H23NO2/c1-16-12-6-8-14(9-7-12)10-13(15)11-4-2-3-5-11/h11-12H,2-10H2,1H3. The molecule has 1 saturated carbocycles. The molecule has 16 heavy (non-hydrogen) atoms. The molecular weight excluding hydrogens is 202 g/mol. The Morgan fingerprint density at radius 3 is 2.38 bits per heavy atom. The molecule has 1 saturated heterocycles. The molecule has 2 fully saturated rings. The number of piperidine rings is 1. The number of hydrogen-bond acceptors (Lipinski definition) is 3. The van der Waals surface area contributed by atoms with Crippen LogP contribution in [-0.2, 0) is 9.53 Å². The third-order valence-corrected chi connectivity index (χ3v) is 4.06. The lowest BCUT2D eigenvalue weighted by atomic mass is 10.0. The van der Waals surface area contributed by atoms with Crippen LogP contribution in [0.4, 0.5) is 0 Å². The Morgan fingerprint density at radius 1 is 1.19 bits per heavy atom. The zero-order chi connectivity index (χ0) is 11.4. The van der Waals surface area contributed by atoms with Crippen molar-refractivity contribution in [2.75, 3.05) is 26.7 Å². The van der Waals surface area contributed by atoms with Crippen molar-refractivity contribution in [3.05, 3.63) is 0 Å². The molecule has 0 N–H and O–H groups in total. The first-order valence-corrected chi connectivity index (χ1v) is 6.57. The van der Waals surface area contributed by atoms with Crippen molar-refractivity contribution in [1.82, 2.24) is 4.90 Å². The first-order chi connectivity index (χ1) is 7.79. The highest BCUT2D eigenvalue weighted by Gasteiger charge is 2.26. The molecule has 1 aliphatic carbocycles. The molecule has 3 nitrogen and oxygen atoms in total. The van der Waals surface area contributed by atoms with Crippen molar-refractivity contribution in [3.63, 3.8) is 0 Å². The number of carbonyl (C=O) groups excluding carboxylic acids is 1. The van der Waals surface area contributed by atoms with E-state index in [9.17, 15) is 4.79 Å². The lowest BCUT2D eigenvalue weighted by Crippen LogP contribution is -2.40. The van der Waals surface area contributed by atoms with Gasteiger partial charge in [0.05, 0.1) is 12.6 Å². The molecule has 0 atom stereocenters. The van der Waals surface area contributed by atoms with Crippen LogP contribution in [0, 0.1) is 5.92 Å². The minimum Gasteiger partial charge on any atom is -0.381 e. The number of ether oxygens (including phenoxy) is 1. The number of ketones is 1. The minimum atomic E-state index is 0.375. The van der Waals surface area contributed by atoms with Crippen LogP contribution in [-0.4, -0.2) is 43.5 Å². The molecule has 0 aromatic rings. The molecule has 0 bridgehead atoms. The average molecular weight is 225 g/mol. The number of Topliss-reactive ketones (excluding diaryl/α,β-unsaturated/α-hetero) is 1. The van der Waals surface area contributed by atoms with Gasteiger partial charge < -0.3 is 4.74 Å². The van der Waals surface area contributed by atoms with Gasteiger partial charge in [0.15, 0.2) is 0 Å². The fraction of sp³-hybridized carbons (Fsp3) is 0.923. The molecule has 0 spiro atoms. The van der Waals surface area contributed by atoms with Gasteiger partial charge in [0.25, 0.3) is 0 Å². The van der Waals surface area contributed by atoms with Gasteiger partial charge in [0.2, 0.25) is 0 Å². The fourth-order valence-corrected chi connectivity index (χ4v) is 2.90. The Morgan fingerprint density at radius 2 is 1.81 bits per heavy atom. The van der Waals surface area contributed by atoms with Crippen LogP contribution < -0.4 is 0 Å². The molecule has 1 heterocycles. The number of likely N-dealkylation sites (tertiary alicyclic amines) is 1. The number of nitrogens with zero attached hydrogens (tertiary/aromatic N) is 1. The first-order valence-electron chi connectivity index (χ1n) is 6.57. The van der Waals surface area contributed by atoms with E-state index in [2.05, 4.69) is 4.90 Å². The Labute approximate surface area is 98.1 Å². The average Bonchev–Trinajstić information content (AvgIpc) is 2.83. The molecule has 2 rings (SSSR count). The van der Waals surface area contributed by atoms with Crippen molar-refractivity contribution < 1.29 is 9.53 Å². The van der Waals surface area contributed by atoms with Crippen LogP contribution in [0.1, 0.15) is 38.5 Å². The van der Waals surface area contributed by atoms with Crippen LogP contribution in [0.3, 0.4) is 0 Å². The normalized spacial score (nSPS) is 25.1. The third-order valence-electron chi connectivity index (χ3n) is 4.06. The highest BCUT2D eigenvalue weighted by Crippen LogP contribution is 2.26. The Bertz CT molecular complexity index is 228. The highest BCUT2D eigenvalue weighted by atomic mass is 16.5. The summed E-state index contributed by atoms with van der Waals surface area (Å²) in [4.78, 5) is 14.3. The van der Waals surface area contributed by atoms with E-state index >= 15 is 0 Å². The number of rotatable bonds is 4. The summed E-state index contributed by atoms with van der Waals surface area (Å²) in [5.74, 6) is 0.855. The Hall–Kier alpha value is -0.410. The van der Waals surface area contributed by atoms with E-state index in [1.165, 1.54) is 12.8 Å². The molecule has 92 valence electrons. The first kappa shape index (κ1) is 12.1. The summed E-state index contributed by atoms with van der Waals surface area (Å²) in [6.07, 6.45) is 7.34. The van der Waals surface area contributed by atoms with Crippen molar-refractivity contribution in [2.45, 2.75) is 44.6 Å². The monoisotopic (exact) mass is 225 g/mol. The van der Waals surface area contributed by atoms with Crippen LogP contribution in [0.25, 0.3) is 0 Å². The van der Waals surface area contributed by atoms with Gasteiger partial charge in [-0.25, -0.2) is 0 Å². The maximum atomic E-state index is 12.0. The summed E-state index contributed by atoms with van der Waals surface area (Å²) in [7, 11) is 1.78. The van der Waals surface area contributed by atoms with Gasteiger partial charge >= 0.3 is 0 Å². The minimum absolute atomic E-state index is 0.375. The highest BCUT2D eigenvalue weighted by molar-refractivity contribution is 5.83. The van der Waals surface area contributed by atoms with Crippen LogP contribution >= 0.6 is 0 Å². The van der Waals surface area contributed by atoms with E-state index in [4.69, 9.17) is 4.74 Å². The zero-order valence-corrected chi connectivity index (χ0v) is 10.3. The summed E-state index contributed by atoms with van der Waals surface area (Å²) >= 11 is 0. The predicted octanol–water partition coefficient (Wildman–Crippen LogP) is 1.86. The van der Waals surface area contributed by atoms with Crippen LogP contribution in [0.5, 0.6) is 0 Å². The maximum Gasteiger partial charge on any atom is 0.149 e. The van der Waals surface area contributed by atoms with E-state index in [-0.39, 0.29) is 0 Å². The van der Waals surface area contributed by atoms with Gasteiger partial charge in [0.1, 0.15) is 5.78 Å². The van der Waals surface area contributed by atoms with Crippen molar-refractivity contribution >= 4 is 5.78 Å². The summed E-state index contributed by atoms with van der Waals surface area (Å²) in [5, 5.41) is 0.